The van der Waals surface area contributed by atoms with Crippen molar-refractivity contribution in [1.82, 2.24) is 9.38 Å². The lowest BCUT2D eigenvalue weighted by atomic mass is 10.0. The van der Waals surface area contributed by atoms with Crippen LogP contribution in [-0.4, -0.2) is 22.3 Å². The van der Waals surface area contributed by atoms with Crippen LogP contribution in [-0.2, 0) is 9.53 Å². The van der Waals surface area contributed by atoms with E-state index < -0.39 is 5.56 Å². The molecule has 28 heavy (non-hydrogen) atoms. The molecular weight excluding hydrogens is 381 g/mol. The predicted molar refractivity (Wildman–Crippen MR) is 106 cm³/mol. The Kier molecular flexibility index (Phi) is 4.40. The Balaban J connectivity index is 1.90. The molecule has 0 fully saturated rings. The maximum Gasteiger partial charge on any atom is 0.283 e. The molecule has 0 radical (unpaired) electrons. The third kappa shape index (κ3) is 3.03. The number of carbonyl (C=O) groups is 1. The molecule has 8 heteroatoms. The van der Waals surface area contributed by atoms with Gasteiger partial charge in [0.15, 0.2) is 10.7 Å². The molecule has 1 aromatic carbocycles. The van der Waals surface area contributed by atoms with Crippen molar-refractivity contribution in [3.8, 4) is 11.3 Å². The van der Waals surface area contributed by atoms with Crippen molar-refractivity contribution >= 4 is 34.0 Å². The number of halogens is 1. The zero-order valence-corrected chi connectivity index (χ0v) is 15.5. The molecule has 0 aliphatic heterocycles. The molecule has 0 amide bonds. The van der Waals surface area contributed by atoms with Gasteiger partial charge in [-0.3, -0.25) is 14.0 Å². The molecule has 0 spiro atoms. The topological polar surface area (TPSA) is 86.7 Å². The van der Waals surface area contributed by atoms with Gasteiger partial charge in [0.05, 0.1) is 18.4 Å². The van der Waals surface area contributed by atoms with Gasteiger partial charge in [0.1, 0.15) is 11.6 Å². The van der Waals surface area contributed by atoms with Crippen molar-refractivity contribution < 1.29 is 13.9 Å². The van der Waals surface area contributed by atoms with E-state index in [9.17, 15) is 14.0 Å². The second kappa shape index (κ2) is 6.90. The van der Waals surface area contributed by atoms with Crippen molar-refractivity contribution in [3.05, 3.63) is 80.9 Å². The van der Waals surface area contributed by atoms with E-state index in [2.05, 4.69) is 4.98 Å². The zero-order chi connectivity index (χ0) is 19.8. The average molecular weight is 395 g/mol. The van der Waals surface area contributed by atoms with Crippen LogP contribution in [0.15, 0.2) is 64.0 Å². The number of carbonyl (C=O) groups excluding carboxylic acids is 1. The molecule has 6 nitrogen and oxygen atoms in total. The fourth-order valence-corrected chi connectivity index (χ4v) is 3.79. The van der Waals surface area contributed by atoms with Gasteiger partial charge in [0.2, 0.25) is 5.78 Å². The lowest BCUT2D eigenvalue weighted by molar-refractivity contribution is -0.114. The van der Waals surface area contributed by atoms with Crippen LogP contribution in [0, 0.1) is 5.82 Å². The fourth-order valence-electron chi connectivity index (χ4n) is 2.90. The molecule has 0 unspecified atom stereocenters. The zero-order valence-electron chi connectivity index (χ0n) is 14.7. The van der Waals surface area contributed by atoms with Gasteiger partial charge < -0.3 is 10.5 Å². The molecule has 2 aromatic heterocycles. The maximum atomic E-state index is 13.3. The van der Waals surface area contributed by atoms with Gasteiger partial charge in [-0.1, -0.05) is 6.08 Å². The number of fused-ring (bicyclic) bond motifs is 1. The van der Waals surface area contributed by atoms with Crippen LogP contribution in [0.2, 0.25) is 0 Å². The molecule has 0 saturated heterocycles. The highest BCUT2D eigenvalue weighted by Gasteiger charge is 2.16. The third-order valence-electron chi connectivity index (χ3n) is 4.29. The molecule has 0 atom stereocenters. The highest BCUT2D eigenvalue weighted by atomic mass is 32.1. The van der Waals surface area contributed by atoms with E-state index in [1.165, 1.54) is 42.7 Å². The summed E-state index contributed by atoms with van der Waals surface area (Å²) in [5.41, 5.74) is 8.06. The molecular formula is C20H14FN3O3S. The lowest BCUT2D eigenvalue weighted by Crippen LogP contribution is -2.16. The van der Waals surface area contributed by atoms with Gasteiger partial charge in [0.25, 0.3) is 5.56 Å². The number of ketones is 1. The Labute approximate surface area is 162 Å². The maximum absolute atomic E-state index is 13.3. The van der Waals surface area contributed by atoms with Gasteiger partial charge in [-0.25, -0.2) is 4.39 Å². The van der Waals surface area contributed by atoms with E-state index in [0.29, 0.717) is 16.2 Å². The summed E-state index contributed by atoms with van der Waals surface area (Å²) in [6, 6.07) is 5.98. The van der Waals surface area contributed by atoms with Crippen LogP contribution < -0.4 is 11.3 Å². The molecule has 140 valence electrons. The summed E-state index contributed by atoms with van der Waals surface area (Å²) in [6.45, 7) is 0. The Hall–Kier alpha value is -3.52. The number of nitrogens with zero attached hydrogens (tertiary/aromatic N) is 2. The first kappa shape index (κ1) is 17.9. The molecule has 1 aliphatic carbocycles. The van der Waals surface area contributed by atoms with Crippen molar-refractivity contribution in [2.75, 3.05) is 12.8 Å². The van der Waals surface area contributed by atoms with Crippen molar-refractivity contribution in [1.29, 1.82) is 0 Å². The Morgan fingerprint density at radius 2 is 1.96 bits per heavy atom. The fraction of sp³-hybridized carbons (Fsp3) is 0.0500. The minimum atomic E-state index is -0.477. The first-order valence-corrected chi connectivity index (χ1v) is 9.11. The smallest absolute Gasteiger partial charge is 0.283 e. The Bertz CT molecular complexity index is 1250. The molecule has 1 aliphatic rings. The second-order valence-corrected chi connectivity index (χ2v) is 6.85. The summed E-state index contributed by atoms with van der Waals surface area (Å²) in [7, 11) is 1.40. The number of nitrogen functional groups attached to an aromatic ring is 1. The Morgan fingerprint density at radius 3 is 2.68 bits per heavy atom. The van der Waals surface area contributed by atoms with E-state index in [4.69, 9.17) is 10.5 Å². The van der Waals surface area contributed by atoms with Gasteiger partial charge in [0, 0.05) is 5.38 Å². The number of hydrogen-bond acceptors (Lipinski definition) is 6. The summed E-state index contributed by atoms with van der Waals surface area (Å²) in [4.78, 5) is 28.7. The van der Waals surface area contributed by atoms with E-state index in [1.807, 2.05) is 5.38 Å². The normalized spacial score (nSPS) is 15.3. The van der Waals surface area contributed by atoms with Gasteiger partial charge in [-0.15, -0.1) is 11.3 Å². The number of benzene rings is 1. The third-order valence-corrected chi connectivity index (χ3v) is 5.12. The first-order chi connectivity index (χ1) is 13.5. The number of allylic oxidation sites excluding steroid dienone is 4. The number of methoxy groups -OCH3 is 1. The monoisotopic (exact) mass is 395 g/mol. The minimum Gasteiger partial charge on any atom is -0.493 e. The first-order valence-electron chi connectivity index (χ1n) is 8.23. The molecule has 0 bridgehead atoms. The average Bonchev–Trinajstić information content (AvgIpc) is 3.10. The van der Waals surface area contributed by atoms with Crippen LogP contribution >= 0.6 is 11.3 Å². The van der Waals surface area contributed by atoms with E-state index in [1.54, 1.807) is 28.7 Å². The number of rotatable bonds is 3. The second-order valence-electron chi connectivity index (χ2n) is 6.02. The van der Waals surface area contributed by atoms with E-state index >= 15 is 0 Å². The van der Waals surface area contributed by atoms with Crippen molar-refractivity contribution in [2.24, 2.45) is 0 Å². The number of ether oxygens (including phenoxy) is 1. The number of hydrogen-bond donors (Lipinski definition) is 1. The molecule has 3 aromatic rings. The molecule has 0 saturated carbocycles. The number of anilines is 1. The highest BCUT2D eigenvalue weighted by molar-refractivity contribution is 7.15. The number of aromatic nitrogens is 2. The van der Waals surface area contributed by atoms with Crippen LogP contribution in [0.3, 0.4) is 0 Å². The lowest BCUT2D eigenvalue weighted by Gasteiger charge is -2.10. The van der Waals surface area contributed by atoms with E-state index in [0.717, 1.165) is 5.56 Å². The Morgan fingerprint density at radius 1 is 1.21 bits per heavy atom. The van der Waals surface area contributed by atoms with Gasteiger partial charge >= 0.3 is 0 Å². The summed E-state index contributed by atoms with van der Waals surface area (Å²) in [6.07, 6.45) is 6.03. The number of nitrogens with two attached hydrogens (primary N) is 1. The molecule has 4 rings (SSSR count). The summed E-state index contributed by atoms with van der Waals surface area (Å²) >= 11 is 1.27. The van der Waals surface area contributed by atoms with Crippen LogP contribution in [0.5, 0.6) is 0 Å². The molecule has 2 N–H and O–H groups in total. The quantitative estimate of drug-likeness (QED) is 0.736. The standard InChI is InChI=1S/C20H14FN3O3S/c1-27-17-9-11(2-7-16(17)25)8-14-18(22)24-15(10-28-20(24)23-19(14)26)12-3-5-13(21)6-4-12/h2-10H,22H2,1H3. The molecule has 2 heterocycles. The summed E-state index contributed by atoms with van der Waals surface area (Å²) < 4.78 is 19.9. The van der Waals surface area contributed by atoms with Crippen molar-refractivity contribution in [3.63, 3.8) is 0 Å². The summed E-state index contributed by atoms with van der Waals surface area (Å²) in [5, 5.41) is 1.81. The highest BCUT2D eigenvalue weighted by Crippen LogP contribution is 2.29. The summed E-state index contributed by atoms with van der Waals surface area (Å²) in [5.74, 6) is -0.217. The van der Waals surface area contributed by atoms with Crippen LogP contribution in [0.1, 0.15) is 5.56 Å². The number of thiazole rings is 1. The van der Waals surface area contributed by atoms with Gasteiger partial charge in [-0.2, -0.15) is 4.98 Å². The van der Waals surface area contributed by atoms with E-state index in [-0.39, 0.29) is 28.7 Å². The van der Waals surface area contributed by atoms with Crippen LogP contribution in [0.4, 0.5) is 10.2 Å². The van der Waals surface area contributed by atoms with Crippen molar-refractivity contribution in [2.45, 2.75) is 0 Å². The predicted octanol–water partition coefficient (Wildman–Crippen LogP) is 3.20. The SMILES string of the molecule is COC1=CC(=Cc2c(N)n3c(-c4ccc(F)cc4)csc3nc2=O)C=CC1=O. The largest absolute Gasteiger partial charge is 0.493 e. The van der Waals surface area contributed by atoms with Gasteiger partial charge in [-0.05, 0) is 53.6 Å². The van der Waals surface area contributed by atoms with Crippen LogP contribution in [0.25, 0.3) is 22.3 Å². The minimum absolute atomic E-state index is 0.170.